The van der Waals surface area contributed by atoms with E-state index in [1.165, 1.54) is 0 Å². The summed E-state index contributed by atoms with van der Waals surface area (Å²) in [6, 6.07) is 1.82. The fourth-order valence-corrected chi connectivity index (χ4v) is 3.82. The number of likely N-dealkylation sites (tertiary alicyclic amines) is 1. The quantitative estimate of drug-likeness (QED) is 0.817. The van der Waals surface area contributed by atoms with E-state index in [2.05, 4.69) is 5.10 Å². The third-order valence-corrected chi connectivity index (χ3v) is 5.10. The van der Waals surface area contributed by atoms with Crippen LogP contribution >= 0.6 is 0 Å². The molecule has 0 saturated carbocycles. The Kier molecular flexibility index (Phi) is 4.89. The highest BCUT2D eigenvalue weighted by molar-refractivity contribution is 5.86. The number of piperidine rings is 1. The average Bonchev–Trinajstić information content (AvgIpc) is 3.16. The maximum absolute atomic E-state index is 13.0. The van der Waals surface area contributed by atoms with Crippen molar-refractivity contribution in [1.29, 1.82) is 0 Å². The minimum atomic E-state index is -0.800. The van der Waals surface area contributed by atoms with E-state index < -0.39 is 5.54 Å². The lowest BCUT2D eigenvalue weighted by Crippen LogP contribution is -2.60. The average molecular weight is 334 g/mol. The monoisotopic (exact) mass is 334 g/mol. The number of hydrogen-bond donors (Lipinski definition) is 0. The molecule has 3 heterocycles. The lowest BCUT2D eigenvalue weighted by Gasteiger charge is -2.44. The van der Waals surface area contributed by atoms with Crippen LogP contribution in [0.1, 0.15) is 25.7 Å². The maximum atomic E-state index is 13.0. The van der Waals surface area contributed by atoms with Crippen LogP contribution in [-0.2, 0) is 19.9 Å². The van der Waals surface area contributed by atoms with Crippen LogP contribution in [-0.4, -0.2) is 71.8 Å². The summed E-state index contributed by atoms with van der Waals surface area (Å²) in [6.45, 7) is 2.39. The van der Waals surface area contributed by atoms with Crippen LogP contribution < -0.4 is 0 Å². The van der Waals surface area contributed by atoms with Crippen LogP contribution in [0.2, 0.25) is 0 Å². The fourth-order valence-electron chi connectivity index (χ4n) is 3.82. The molecule has 1 unspecified atom stereocenters. The lowest BCUT2D eigenvalue weighted by atomic mass is 9.86. The molecule has 0 bridgehead atoms. The number of ether oxygens (including phenoxy) is 1. The molecule has 2 aliphatic rings. The van der Waals surface area contributed by atoms with Gasteiger partial charge in [-0.15, -0.1) is 0 Å². The molecule has 2 fully saturated rings. The molecular formula is C17H26N4O3. The normalized spacial score (nSPS) is 25.5. The molecule has 0 aromatic carbocycles. The maximum Gasteiger partial charge on any atom is 0.251 e. The van der Waals surface area contributed by atoms with Crippen molar-refractivity contribution < 1.29 is 14.3 Å². The van der Waals surface area contributed by atoms with Crippen LogP contribution in [0.5, 0.6) is 0 Å². The Hall–Kier alpha value is -1.89. The molecule has 7 heteroatoms. The Morgan fingerprint density at radius 1 is 1.29 bits per heavy atom. The first-order valence-corrected chi connectivity index (χ1v) is 8.63. The molecule has 3 rings (SSSR count). The first kappa shape index (κ1) is 17.0. The number of aromatic nitrogens is 2. The van der Waals surface area contributed by atoms with E-state index in [1.807, 2.05) is 17.2 Å². The molecule has 0 radical (unpaired) electrons. The summed E-state index contributed by atoms with van der Waals surface area (Å²) in [5.74, 6) is 0.165. The fraction of sp³-hybridized carbons (Fsp3) is 0.706. The molecule has 24 heavy (non-hydrogen) atoms. The van der Waals surface area contributed by atoms with E-state index in [1.54, 1.807) is 29.9 Å². The largest absolute Gasteiger partial charge is 0.381 e. The Labute approximate surface area is 142 Å². The highest BCUT2D eigenvalue weighted by Gasteiger charge is 2.47. The van der Waals surface area contributed by atoms with E-state index in [0.717, 1.165) is 19.3 Å². The van der Waals surface area contributed by atoms with Crippen molar-refractivity contribution in [3.05, 3.63) is 18.5 Å². The number of hydrogen-bond acceptors (Lipinski definition) is 4. The second kappa shape index (κ2) is 6.93. The first-order valence-electron chi connectivity index (χ1n) is 8.63. The zero-order valence-electron chi connectivity index (χ0n) is 14.5. The van der Waals surface area contributed by atoms with Crippen molar-refractivity contribution >= 4 is 11.8 Å². The molecular weight excluding hydrogens is 308 g/mol. The smallest absolute Gasteiger partial charge is 0.251 e. The number of nitrogens with zero attached hydrogens (tertiary/aromatic N) is 4. The number of rotatable bonds is 3. The van der Waals surface area contributed by atoms with E-state index >= 15 is 0 Å². The Morgan fingerprint density at radius 2 is 2.04 bits per heavy atom. The SMILES string of the molecule is CN(C)C(=O)C1(n2cccn2)CCCN(C(=O)C2CCOCC2)C1. The van der Waals surface area contributed by atoms with E-state index in [9.17, 15) is 9.59 Å². The topological polar surface area (TPSA) is 67.7 Å². The van der Waals surface area contributed by atoms with Gasteiger partial charge in [-0.25, -0.2) is 0 Å². The molecule has 0 spiro atoms. The zero-order chi connectivity index (χ0) is 17.2. The van der Waals surface area contributed by atoms with Crippen molar-refractivity contribution in [2.75, 3.05) is 40.4 Å². The summed E-state index contributed by atoms with van der Waals surface area (Å²) in [5.41, 5.74) is -0.800. The second-order valence-corrected chi connectivity index (χ2v) is 6.93. The molecule has 2 saturated heterocycles. The summed E-state index contributed by atoms with van der Waals surface area (Å²) in [5, 5.41) is 4.33. The third-order valence-electron chi connectivity index (χ3n) is 5.10. The lowest BCUT2D eigenvalue weighted by molar-refractivity contribution is -0.149. The van der Waals surface area contributed by atoms with Crippen LogP contribution in [0.15, 0.2) is 18.5 Å². The second-order valence-electron chi connectivity index (χ2n) is 6.93. The van der Waals surface area contributed by atoms with Gasteiger partial charge in [0.25, 0.3) is 5.91 Å². The van der Waals surface area contributed by atoms with Gasteiger partial charge in [-0.3, -0.25) is 14.3 Å². The van der Waals surface area contributed by atoms with Gasteiger partial charge in [0.2, 0.25) is 5.91 Å². The molecule has 1 aromatic rings. The third kappa shape index (κ3) is 3.05. The molecule has 0 aliphatic carbocycles. The van der Waals surface area contributed by atoms with E-state index in [-0.39, 0.29) is 17.7 Å². The molecule has 2 amide bonds. The van der Waals surface area contributed by atoms with Crippen molar-refractivity contribution in [3.8, 4) is 0 Å². The van der Waals surface area contributed by atoms with Gasteiger partial charge in [-0.05, 0) is 31.7 Å². The minimum absolute atomic E-state index is 0.00400. The summed E-state index contributed by atoms with van der Waals surface area (Å²) in [7, 11) is 3.51. The van der Waals surface area contributed by atoms with Gasteiger partial charge in [-0.2, -0.15) is 5.10 Å². The van der Waals surface area contributed by atoms with Crippen molar-refractivity contribution in [3.63, 3.8) is 0 Å². The van der Waals surface area contributed by atoms with Crippen LogP contribution in [0.25, 0.3) is 0 Å². The van der Waals surface area contributed by atoms with Crippen LogP contribution in [0.4, 0.5) is 0 Å². The Balaban J connectivity index is 1.85. The predicted molar refractivity (Wildman–Crippen MR) is 88.3 cm³/mol. The predicted octanol–water partition coefficient (Wildman–Crippen LogP) is 0.716. The summed E-state index contributed by atoms with van der Waals surface area (Å²) in [4.78, 5) is 29.4. The molecule has 1 atom stereocenters. The van der Waals surface area contributed by atoms with Crippen LogP contribution in [0, 0.1) is 5.92 Å². The van der Waals surface area contributed by atoms with Gasteiger partial charge in [0.15, 0.2) is 5.54 Å². The standard InChI is InChI=1S/C17H26N4O3/c1-19(2)16(23)17(21-10-4-8-18-21)7-3-9-20(13-17)15(22)14-5-11-24-12-6-14/h4,8,10,14H,3,5-7,9,11-13H2,1-2H3. The van der Waals surface area contributed by atoms with Gasteiger partial charge in [0, 0.05) is 52.2 Å². The minimum Gasteiger partial charge on any atom is -0.381 e. The van der Waals surface area contributed by atoms with Crippen LogP contribution in [0.3, 0.4) is 0 Å². The summed E-state index contributed by atoms with van der Waals surface area (Å²) < 4.78 is 7.10. The summed E-state index contributed by atoms with van der Waals surface area (Å²) in [6.07, 6.45) is 6.54. The molecule has 0 N–H and O–H groups in total. The Morgan fingerprint density at radius 3 is 2.67 bits per heavy atom. The van der Waals surface area contributed by atoms with Crippen molar-refractivity contribution in [2.45, 2.75) is 31.2 Å². The van der Waals surface area contributed by atoms with Gasteiger partial charge in [0.05, 0.1) is 6.54 Å². The van der Waals surface area contributed by atoms with Crippen molar-refractivity contribution in [1.82, 2.24) is 19.6 Å². The van der Waals surface area contributed by atoms with E-state index in [0.29, 0.717) is 32.7 Å². The summed E-state index contributed by atoms with van der Waals surface area (Å²) >= 11 is 0. The van der Waals surface area contributed by atoms with Gasteiger partial charge in [0.1, 0.15) is 0 Å². The number of carbonyl (C=O) groups excluding carboxylic acids is 2. The molecule has 2 aliphatic heterocycles. The van der Waals surface area contributed by atoms with Gasteiger partial charge in [-0.1, -0.05) is 0 Å². The highest BCUT2D eigenvalue weighted by atomic mass is 16.5. The van der Waals surface area contributed by atoms with Gasteiger partial charge < -0.3 is 14.5 Å². The number of likely N-dealkylation sites (N-methyl/N-ethyl adjacent to an activating group) is 1. The first-order chi connectivity index (χ1) is 11.5. The highest BCUT2D eigenvalue weighted by Crippen LogP contribution is 2.32. The Bertz CT molecular complexity index is 581. The zero-order valence-corrected chi connectivity index (χ0v) is 14.5. The number of carbonyl (C=O) groups is 2. The molecule has 1 aromatic heterocycles. The number of amides is 2. The van der Waals surface area contributed by atoms with E-state index in [4.69, 9.17) is 4.74 Å². The van der Waals surface area contributed by atoms with Gasteiger partial charge >= 0.3 is 0 Å². The molecule has 132 valence electrons. The van der Waals surface area contributed by atoms with Crippen molar-refractivity contribution in [2.24, 2.45) is 5.92 Å². The molecule has 7 nitrogen and oxygen atoms in total.